The number of likely N-dealkylation sites (tertiary alicyclic amines) is 1. The molecule has 0 radical (unpaired) electrons. The molecule has 0 unspecified atom stereocenters. The molecule has 1 aliphatic rings. The fourth-order valence-corrected chi connectivity index (χ4v) is 2.98. The Bertz CT molecular complexity index is 609. The number of nitrogens with one attached hydrogen (secondary N) is 2. The van der Waals surface area contributed by atoms with E-state index in [0.717, 1.165) is 42.9 Å². The van der Waals surface area contributed by atoms with Gasteiger partial charge < -0.3 is 10.3 Å². The van der Waals surface area contributed by atoms with Gasteiger partial charge in [0.2, 0.25) is 0 Å². The highest BCUT2D eigenvalue weighted by Crippen LogP contribution is 2.28. The Morgan fingerprint density at radius 2 is 2.45 bits per heavy atom. The molecular formula is C14H18ClN5. The van der Waals surface area contributed by atoms with Crippen molar-refractivity contribution >= 4 is 28.5 Å². The third kappa shape index (κ3) is 2.64. The predicted octanol–water partition coefficient (Wildman–Crippen LogP) is 2.67. The van der Waals surface area contributed by atoms with Crippen LogP contribution in [0, 0.1) is 0 Å². The third-order valence-electron chi connectivity index (χ3n) is 3.66. The molecule has 0 saturated carbocycles. The highest BCUT2D eigenvalue weighted by Gasteiger charge is 2.20. The summed E-state index contributed by atoms with van der Waals surface area (Å²) < 4.78 is 0. The topological polar surface area (TPSA) is 56.8 Å². The number of nitrogens with zero attached hydrogens (tertiary/aromatic N) is 3. The Labute approximate surface area is 123 Å². The number of rotatable bonds is 4. The lowest BCUT2D eigenvalue weighted by Crippen LogP contribution is -2.42. The van der Waals surface area contributed by atoms with Crippen LogP contribution in [-0.4, -0.2) is 45.5 Å². The van der Waals surface area contributed by atoms with E-state index in [9.17, 15) is 0 Å². The number of aromatic nitrogens is 3. The maximum Gasteiger partial charge on any atom is 0.144 e. The summed E-state index contributed by atoms with van der Waals surface area (Å²) in [4.78, 5) is 14.0. The molecule has 1 saturated heterocycles. The van der Waals surface area contributed by atoms with Crippen LogP contribution in [0.2, 0.25) is 5.02 Å². The largest absolute Gasteiger partial charge is 0.365 e. The smallest absolute Gasteiger partial charge is 0.144 e. The number of piperidine rings is 1. The normalized spacial score (nSPS) is 20.1. The van der Waals surface area contributed by atoms with Crippen LogP contribution in [0.1, 0.15) is 12.8 Å². The lowest BCUT2D eigenvalue weighted by Gasteiger charge is -2.32. The Morgan fingerprint density at radius 1 is 1.55 bits per heavy atom. The third-order valence-corrected chi connectivity index (χ3v) is 3.95. The van der Waals surface area contributed by atoms with E-state index in [1.54, 1.807) is 12.5 Å². The Balaban J connectivity index is 1.79. The summed E-state index contributed by atoms with van der Waals surface area (Å²) in [7, 11) is 0. The summed E-state index contributed by atoms with van der Waals surface area (Å²) in [6.07, 6.45) is 7.58. The van der Waals surface area contributed by atoms with E-state index in [1.807, 2.05) is 6.08 Å². The highest BCUT2D eigenvalue weighted by atomic mass is 35.5. The van der Waals surface area contributed by atoms with Crippen LogP contribution < -0.4 is 5.32 Å². The fraction of sp³-hybridized carbons (Fsp3) is 0.429. The monoisotopic (exact) mass is 291 g/mol. The van der Waals surface area contributed by atoms with Crippen molar-refractivity contribution in [3.63, 3.8) is 0 Å². The van der Waals surface area contributed by atoms with Crippen LogP contribution in [0.25, 0.3) is 11.0 Å². The summed E-state index contributed by atoms with van der Waals surface area (Å²) in [6, 6.07) is 0.382. The molecule has 3 heterocycles. The molecule has 3 rings (SSSR count). The van der Waals surface area contributed by atoms with Gasteiger partial charge in [-0.3, -0.25) is 4.90 Å². The highest BCUT2D eigenvalue weighted by molar-refractivity contribution is 6.36. The number of hydrogen-bond acceptors (Lipinski definition) is 4. The molecule has 2 aromatic rings. The minimum atomic E-state index is 0.382. The van der Waals surface area contributed by atoms with Crippen LogP contribution in [-0.2, 0) is 0 Å². The summed E-state index contributed by atoms with van der Waals surface area (Å²) >= 11 is 6.20. The van der Waals surface area contributed by atoms with Gasteiger partial charge in [-0.15, -0.1) is 6.58 Å². The number of halogens is 1. The zero-order chi connectivity index (χ0) is 13.9. The van der Waals surface area contributed by atoms with Gasteiger partial charge in [-0.05, 0) is 19.4 Å². The molecule has 1 fully saturated rings. The second-order valence-electron chi connectivity index (χ2n) is 5.11. The van der Waals surface area contributed by atoms with Crippen molar-refractivity contribution in [1.82, 2.24) is 19.9 Å². The van der Waals surface area contributed by atoms with Crippen LogP contribution >= 0.6 is 11.6 Å². The van der Waals surface area contributed by atoms with Crippen molar-refractivity contribution in [1.29, 1.82) is 0 Å². The standard InChI is InChI=1S/C14H18ClN5/c1-2-5-20-6-3-4-10(8-20)19-14-12-11(15)7-16-13(12)17-9-18-14/h2,7,9-10H,1,3-6,8H2,(H2,16,17,18,19)/t10-/m1/s1. The quantitative estimate of drug-likeness (QED) is 0.851. The maximum atomic E-state index is 6.20. The summed E-state index contributed by atoms with van der Waals surface area (Å²) in [5.74, 6) is 0.812. The number of aromatic amines is 1. The van der Waals surface area contributed by atoms with E-state index >= 15 is 0 Å². The van der Waals surface area contributed by atoms with Crippen molar-refractivity contribution in [3.8, 4) is 0 Å². The van der Waals surface area contributed by atoms with Crippen molar-refractivity contribution in [3.05, 3.63) is 30.2 Å². The van der Waals surface area contributed by atoms with Gasteiger partial charge in [0, 0.05) is 25.3 Å². The van der Waals surface area contributed by atoms with Crippen molar-refractivity contribution < 1.29 is 0 Å². The summed E-state index contributed by atoms with van der Waals surface area (Å²) in [5.41, 5.74) is 0.770. The van der Waals surface area contributed by atoms with Crippen molar-refractivity contribution in [2.45, 2.75) is 18.9 Å². The SMILES string of the molecule is C=CCN1CCC[C@@H](Nc2ncnc3[nH]cc(Cl)c23)C1. The predicted molar refractivity (Wildman–Crippen MR) is 82.2 cm³/mol. The summed E-state index contributed by atoms with van der Waals surface area (Å²) in [6.45, 7) is 6.87. The molecule has 20 heavy (non-hydrogen) atoms. The van der Waals surface area contributed by atoms with Gasteiger partial charge in [-0.25, -0.2) is 9.97 Å². The first kappa shape index (κ1) is 13.4. The molecule has 5 nitrogen and oxygen atoms in total. The molecule has 106 valence electrons. The summed E-state index contributed by atoms with van der Waals surface area (Å²) in [5, 5.41) is 5.03. The minimum absolute atomic E-state index is 0.382. The minimum Gasteiger partial charge on any atom is -0.365 e. The molecule has 1 atom stereocenters. The Morgan fingerprint density at radius 3 is 3.30 bits per heavy atom. The lowest BCUT2D eigenvalue weighted by molar-refractivity contribution is 0.237. The fourth-order valence-electron chi connectivity index (χ4n) is 2.75. The van der Waals surface area contributed by atoms with E-state index in [0.29, 0.717) is 11.1 Å². The average molecular weight is 292 g/mol. The number of anilines is 1. The van der Waals surface area contributed by atoms with Crippen molar-refractivity contribution in [2.24, 2.45) is 0 Å². The van der Waals surface area contributed by atoms with E-state index < -0.39 is 0 Å². The first-order valence-electron chi connectivity index (χ1n) is 6.85. The zero-order valence-corrected chi connectivity index (χ0v) is 12.0. The number of hydrogen-bond donors (Lipinski definition) is 2. The number of H-pyrrole nitrogens is 1. The second-order valence-corrected chi connectivity index (χ2v) is 5.52. The lowest BCUT2D eigenvalue weighted by atomic mass is 10.1. The van der Waals surface area contributed by atoms with Crippen LogP contribution in [0.15, 0.2) is 25.2 Å². The van der Waals surface area contributed by atoms with Gasteiger partial charge in [0.15, 0.2) is 0 Å². The van der Waals surface area contributed by atoms with Crippen molar-refractivity contribution in [2.75, 3.05) is 25.0 Å². The van der Waals surface area contributed by atoms with Gasteiger partial charge in [0.05, 0.1) is 10.4 Å². The molecular weight excluding hydrogens is 274 g/mol. The van der Waals surface area contributed by atoms with Gasteiger partial charge in [-0.2, -0.15) is 0 Å². The van der Waals surface area contributed by atoms with Crippen LogP contribution in [0.4, 0.5) is 5.82 Å². The van der Waals surface area contributed by atoms with E-state index in [-0.39, 0.29) is 0 Å². The molecule has 0 bridgehead atoms. The van der Waals surface area contributed by atoms with Gasteiger partial charge >= 0.3 is 0 Å². The second kappa shape index (κ2) is 5.81. The van der Waals surface area contributed by atoms with Crippen LogP contribution in [0.5, 0.6) is 0 Å². The van der Waals surface area contributed by atoms with Gasteiger partial charge in [0.1, 0.15) is 17.8 Å². The Hall–Kier alpha value is -1.59. The van der Waals surface area contributed by atoms with E-state index in [4.69, 9.17) is 11.6 Å². The van der Waals surface area contributed by atoms with Gasteiger partial charge in [-0.1, -0.05) is 17.7 Å². The van der Waals surface area contributed by atoms with Gasteiger partial charge in [0.25, 0.3) is 0 Å². The first-order chi connectivity index (χ1) is 9.78. The van der Waals surface area contributed by atoms with Crippen LogP contribution in [0.3, 0.4) is 0 Å². The molecule has 1 aliphatic heterocycles. The van der Waals surface area contributed by atoms with E-state index in [2.05, 4.69) is 31.7 Å². The maximum absolute atomic E-state index is 6.20. The Kier molecular flexibility index (Phi) is 3.89. The zero-order valence-electron chi connectivity index (χ0n) is 11.3. The molecule has 0 amide bonds. The molecule has 0 aliphatic carbocycles. The molecule has 0 aromatic carbocycles. The number of fused-ring (bicyclic) bond motifs is 1. The molecule has 0 spiro atoms. The average Bonchev–Trinajstić information content (AvgIpc) is 2.83. The molecule has 2 aromatic heterocycles. The molecule has 6 heteroatoms. The molecule has 2 N–H and O–H groups in total. The van der Waals surface area contributed by atoms with E-state index in [1.165, 1.54) is 6.42 Å². The first-order valence-corrected chi connectivity index (χ1v) is 7.23.